The van der Waals surface area contributed by atoms with Gasteiger partial charge in [-0.05, 0) is 76.3 Å². The Bertz CT molecular complexity index is 588. The lowest BCUT2D eigenvalue weighted by Crippen LogP contribution is -2.34. The molecule has 1 unspecified atom stereocenters. The van der Waals surface area contributed by atoms with Gasteiger partial charge in [0.25, 0.3) is 0 Å². The molecule has 9 heteroatoms. The Kier molecular flexibility index (Phi) is 10.9. The van der Waals surface area contributed by atoms with Gasteiger partial charge in [-0.1, -0.05) is 19.8 Å². The number of cyclic esters (lactones) is 1. The summed E-state index contributed by atoms with van der Waals surface area (Å²) in [7, 11) is 0.105. The van der Waals surface area contributed by atoms with Gasteiger partial charge in [0, 0.05) is 13.7 Å². The highest BCUT2D eigenvalue weighted by atomic mass is 79.9. The minimum atomic E-state index is -1.63. The van der Waals surface area contributed by atoms with Gasteiger partial charge >= 0.3 is 12.1 Å². The fourth-order valence-electron chi connectivity index (χ4n) is 2.54. The topological polar surface area (TPSA) is 73.9 Å². The van der Waals surface area contributed by atoms with E-state index < -0.39 is 26.5 Å². The van der Waals surface area contributed by atoms with Gasteiger partial charge in [0.2, 0.25) is 0 Å². The third-order valence-corrected chi connectivity index (χ3v) is 7.80. The monoisotopic (exact) mass is 525 g/mol. The van der Waals surface area contributed by atoms with E-state index in [0.29, 0.717) is 27.7 Å². The Morgan fingerprint density at radius 1 is 1.30 bits per heavy atom. The molecule has 1 N–H and O–H groups in total. The van der Waals surface area contributed by atoms with Crippen molar-refractivity contribution in [2.75, 3.05) is 13.7 Å². The molecule has 6 nitrogen and oxygen atoms in total. The van der Waals surface area contributed by atoms with Crippen LogP contribution in [0.15, 0.2) is 20.8 Å². The molecule has 0 aromatic heterocycles. The maximum absolute atomic E-state index is 12.2. The summed E-state index contributed by atoms with van der Waals surface area (Å²) < 4.78 is 16.8. The molecule has 0 aromatic rings. The minimum absolute atomic E-state index is 0.362. The third-order valence-electron chi connectivity index (χ3n) is 4.35. The number of alkyl carbamates (subject to hydrolysis) is 1. The standard InChI is InChI=1S/C18H29Br2NO5Si/c1-5-6-7-9-14(13-12-15(16(19)20)25-17(13)22)26-18(23)21-10-8-11-27(3,4)24-2/h12,14H,5-11H2,1-4H3,(H,21,23). The van der Waals surface area contributed by atoms with E-state index in [0.717, 1.165) is 31.7 Å². The van der Waals surface area contributed by atoms with Crippen LogP contribution in [0.2, 0.25) is 19.1 Å². The normalized spacial score (nSPS) is 15.3. The lowest BCUT2D eigenvalue weighted by atomic mass is 10.0. The quantitative estimate of drug-likeness (QED) is 0.223. The molecule has 1 aliphatic rings. The van der Waals surface area contributed by atoms with E-state index in [1.807, 2.05) is 0 Å². The second-order valence-electron chi connectivity index (χ2n) is 7.00. The van der Waals surface area contributed by atoms with Gasteiger partial charge < -0.3 is 19.2 Å². The number of allylic oxidation sites excluding steroid dienone is 1. The summed E-state index contributed by atoms with van der Waals surface area (Å²) in [5.74, 6) is -0.102. The number of carbonyl (C=O) groups excluding carboxylic acids is 2. The van der Waals surface area contributed by atoms with Crippen LogP contribution < -0.4 is 5.32 Å². The van der Waals surface area contributed by atoms with E-state index >= 15 is 0 Å². The Hall–Kier alpha value is -0.643. The first-order chi connectivity index (χ1) is 12.7. The van der Waals surface area contributed by atoms with Crippen LogP contribution in [0.5, 0.6) is 0 Å². The zero-order chi connectivity index (χ0) is 20.4. The molecule has 1 amide bonds. The minimum Gasteiger partial charge on any atom is -0.441 e. The number of ether oxygens (including phenoxy) is 2. The van der Waals surface area contributed by atoms with E-state index in [4.69, 9.17) is 13.9 Å². The number of halogens is 2. The van der Waals surface area contributed by atoms with E-state index in [1.54, 1.807) is 13.2 Å². The summed E-state index contributed by atoms with van der Waals surface area (Å²) in [5, 5.41) is 2.77. The first-order valence-corrected chi connectivity index (χ1v) is 13.9. The number of carbonyl (C=O) groups is 2. The molecule has 0 fully saturated rings. The Balaban J connectivity index is 2.64. The lowest BCUT2D eigenvalue weighted by Gasteiger charge is -2.20. The molecule has 0 aliphatic carbocycles. The van der Waals surface area contributed by atoms with Crippen molar-refractivity contribution in [3.05, 3.63) is 20.8 Å². The molecule has 1 aliphatic heterocycles. The largest absolute Gasteiger partial charge is 0.441 e. The van der Waals surface area contributed by atoms with Crippen LogP contribution in [-0.2, 0) is 18.7 Å². The number of hydrogen-bond acceptors (Lipinski definition) is 5. The van der Waals surface area contributed by atoms with Gasteiger partial charge in [-0.15, -0.1) is 0 Å². The summed E-state index contributed by atoms with van der Waals surface area (Å²) >= 11 is 6.46. The number of rotatable bonds is 11. The Morgan fingerprint density at radius 3 is 2.56 bits per heavy atom. The van der Waals surface area contributed by atoms with Crippen molar-refractivity contribution < 1.29 is 23.5 Å². The molecule has 1 rings (SSSR count). The predicted octanol–water partition coefficient (Wildman–Crippen LogP) is 5.35. The number of hydrogen-bond donors (Lipinski definition) is 1. The van der Waals surface area contributed by atoms with E-state index in [2.05, 4.69) is 57.2 Å². The zero-order valence-electron chi connectivity index (χ0n) is 16.4. The molecule has 0 saturated heterocycles. The van der Waals surface area contributed by atoms with Crippen LogP contribution in [0.25, 0.3) is 0 Å². The van der Waals surface area contributed by atoms with Gasteiger partial charge in [0.05, 0.1) is 5.57 Å². The van der Waals surface area contributed by atoms with Crippen LogP contribution in [0.4, 0.5) is 4.79 Å². The third kappa shape index (κ3) is 8.93. The molecule has 0 spiro atoms. The second-order valence-corrected chi connectivity index (χ2v) is 14.1. The molecule has 1 heterocycles. The number of nitrogens with one attached hydrogen (secondary N) is 1. The van der Waals surface area contributed by atoms with Crippen molar-refractivity contribution in [3.8, 4) is 0 Å². The van der Waals surface area contributed by atoms with Crippen LogP contribution in [0.3, 0.4) is 0 Å². The average Bonchev–Trinajstić information content (AvgIpc) is 3.00. The van der Waals surface area contributed by atoms with Gasteiger partial charge in [-0.2, -0.15) is 0 Å². The number of unbranched alkanes of at least 4 members (excludes halogenated alkanes) is 2. The molecular formula is C18H29Br2NO5Si. The maximum Gasteiger partial charge on any atom is 0.407 e. The SMILES string of the molecule is CCCCCC(OC(=O)NCCC[Si](C)(C)OC)C1=CC(=C(Br)Br)OC1=O. The maximum atomic E-state index is 12.2. The van der Waals surface area contributed by atoms with Crippen molar-refractivity contribution >= 4 is 52.2 Å². The predicted molar refractivity (Wildman–Crippen MR) is 115 cm³/mol. The van der Waals surface area contributed by atoms with Crippen LogP contribution in [0.1, 0.15) is 39.0 Å². The fraction of sp³-hybridized carbons (Fsp3) is 0.667. The average molecular weight is 527 g/mol. The molecule has 154 valence electrons. The van der Waals surface area contributed by atoms with Gasteiger partial charge in [0.1, 0.15) is 9.50 Å². The number of amides is 1. The second kappa shape index (κ2) is 12.0. The fourth-order valence-corrected chi connectivity index (χ4v) is 4.16. The summed E-state index contributed by atoms with van der Waals surface area (Å²) in [5.41, 5.74) is 0.362. The molecule has 0 radical (unpaired) electrons. The highest BCUT2D eigenvalue weighted by Gasteiger charge is 2.32. The summed E-state index contributed by atoms with van der Waals surface area (Å²) in [6.45, 7) is 6.89. The summed E-state index contributed by atoms with van der Waals surface area (Å²) in [6.07, 6.45) is 4.79. The van der Waals surface area contributed by atoms with Crippen LogP contribution in [0, 0.1) is 0 Å². The lowest BCUT2D eigenvalue weighted by molar-refractivity contribution is -0.134. The molecule has 1 atom stereocenters. The molecule has 0 saturated carbocycles. The zero-order valence-corrected chi connectivity index (χ0v) is 20.6. The van der Waals surface area contributed by atoms with E-state index in [-0.39, 0.29) is 0 Å². The van der Waals surface area contributed by atoms with Crippen LogP contribution in [-0.4, -0.2) is 40.1 Å². The molecule has 0 bridgehead atoms. The first kappa shape index (κ1) is 24.4. The van der Waals surface area contributed by atoms with Crippen LogP contribution >= 0.6 is 31.9 Å². The van der Waals surface area contributed by atoms with Crippen molar-refractivity contribution in [2.24, 2.45) is 0 Å². The van der Waals surface area contributed by atoms with E-state index in [1.165, 1.54) is 0 Å². The number of esters is 1. The first-order valence-electron chi connectivity index (χ1n) is 9.19. The van der Waals surface area contributed by atoms with Gasteiger partial charge in [-0.3, -0.25) is 0 Å². The van der Waals surface area contributed by atoms with Gasteiger partial charge in [-0.25, -0.2) is 9.59 Å². The molecular weight excluding hydrogens is 498 g/mol. The van der Waals surface area contributed by atoms with Crippen molar-refractivity contribution in [2.45, 2.75) is 64.3 Å². The highest BCUT2D eigenvalue weighted by Crippen LogP contribution is 2.30. The highest BCUT2D eigenvalue weighted by molar-refractivity contribution is 9.28. The summed E-state index contributed by atoms with van der Waals surface area (Å²) in [4.78, 5) is 24.4. The Morgan fingerprint density at radius 2 is 2.00 bits per heavy atom. The smallest absolute Gasteiger partial charge is 0.407 e. The van der Waals surface area contributed by atoms with E-state index in [9.17, 15) is 9.59 Å². The van der Waals surface area contributed by atoms with Gasteiger partial charge in [0.15, 0.2) is 14.1 Å². The molecule has 0 aromatic carbocycles. The van der Waals surface area contributed by atoms with Crippen molar-refractivity contribution in [1.29, 1.82) is 0 Å². The van der Waals surface area contributed by atoms with Crippen molar-refractivity contribution in [3.63, 3.8) is 0 Å². The summed E-state index contributed by atoms with van der Waals surface area (Å²) in [6, 6.07) is 0.953. The van der Waals surface area contributed by atoms with Crippen molar-refractivity contribution in [1.82, 2.24) is 5.32 Å². The Labute approximate surface area is 179 Å². The molecule has 27 heavy (non-hydrogen) atoms.